The predicted octanol–water partition coefficient (Wildman–Crippen LogP) is 0.205. The summed E-state index contributed by atoms with van der Waals surface area (Å²) in [5, 5.41) is 0. The maximum atomic E-state index is 4.61. The van der Waals surface area contributed by atoms with Gasteiger partial charge in [0, 0.05) is 0 Å². The average Bonchev–Trinajstić information content (AvgIpc) is 1.81. The molecular formula is C3H7N2O2P. The predicted molar refractivity (Wildman–Crippen MR) is 31.5 cm³/mol. The molecule has 0 aliphatic heterocycles. The largest absolute Gasteiger partial charge is 0.261 e. The molecule has 0 saturated carbocycles. The molecule has 0 aromatic carbocycles. The molecule has 0 aromatic heterocycles. The summed E-state index contributed by atoms with van der Waals surface area (Å²) in [6.45, 7) is 3.27. The van der Waals surface area contributed by atoms with Gasteiger partial charge in [0.25, 0.3) is 0 Å². The third kappa shape index (κ3) is 5.63. The van der Waals surface area contributed by atoms with Gasteiger partial charge in [-0.1, -0.05) is 6.58 Å². The molecule has 5 heteroatoms. The Morgan fingerprint density at radius 3 is 3.12 bits per heavy atom. The summed E-state index contributed by atoms with van der Waals surface area (Å²) in [5.41, 5.74) is 4.77. The molecular weight excluding hydrogens is 127 g/mol. The number of hydroxylamine groups is 1. The third-order valence-corrected chi connectivity index (χ3v) is 0.607. The molecule has 0 aliphatic carbocycles. The molecule has 1 atom stereocenters. The summed E-state index contributed by atoms with van der Waals surface area (Å²) in [7, 11) is -0.208. The summed E-state index contributed by atoms with van der Waals surface area (Å²) in [4.78, 5) is 0. The summed E-state index contributed by atoms with van der Waals surface area (Å²) in [6, 6.07) is 0. The molecule has 3 N–H and O–H groups in total. The van der Waals surface area contributed by atoms with Gasteiger partial charge >= 0.3 is 0 Å². The fourth-order valence-electron chi connectivity index (χ4n) is 0.119. The SMILES string of the molecule is C=C=CNOPON. The van der Waals surface area contributed by atoms with Gasteiger partial charge in [-0.05, 0) is 0 Å². The second kappa shape index (κ2) is 6.63. The van der Waals surface area contributed by atoms with E-state index in [1.54, 1.807) is 0 Å². The number of hydrogen-bond donors (Lipinski definition) is 2. The van der Waals surface area contributed by atoms with Crippen molar-refractivity contribution in [2.24, 2.45) is 5.90 Å². The van der Waals surface area contributed by atoms with Gasteiger partial charge in [-0.3, -0.25) is 10.1 Å². The van der Waals surface area contributed by atoms with Crippen molar-refractivity contribution in [3.63, 3.8) is 0 Å². The summed E-state index contributed by atoms with van der Waals surface area (Å²) < 4.78 is 8.56. The van der Waals surface area contributed by atoms with Crippen LogP contribution >= 0.6 is 9.03 Å². The molecule has 0 rings (SSSR count). The van der Waals surface area contributed by atoms with Gasteiger partial charge in [0.15, 0.2) is 0 Å². The summed E-state index contributed by atoms with van der Waals surface area (Å²) in [5.74, 6) is 4.61. The minimum absolute atomic E-state index is 0.208. The highest BCUT2D eigenvalue weighted by Crippen LogP contribution is 2.04. The fourth-order valence-corrected chi connectivity index (χ4v) is 0.274. The van der Waals surface area contributed by atoms with Crippen LogP contribution in [0.1, 0.15) is 0 Å². The van der Waals surface area contributed by atoms with Gasteiger partial charge in [0.1, 0.15) is 0 Å². The van der Waals surface area contributed by atoms with Crippen LogP contribution in [0, 0.1) is 0 Å². The molecule has 0 saturated heterocycles. The lowest BCUT2D eigenvalue weighted by atomic mass is 10.9. The fraction of sp³-hybridized carbons (Fsp3) is 0. The van der Waals surface area contributed by atoms with E-state index in [0.717, 1.165) is 0 Å². The standard InChI is InChI=1S/C3H7N2O2P/c1-2-3-5-7-8-6-4/h3,5,8H,1,4H2. The maximum absolute atomic E-state index is 4.61. The van der Waals surface area contributed by atoms with Gasteiger partial charge < -0.3 is 0 Å². The van der Waals surface area contributed by atoms with Crippen LogP contribution in [0.3, 0.4) is 0 Å². The minimum atomic E-state index is -0.208. The van der Waals surface area contributed by atoms with E-state index in [9.17, 15) is 0 Å². The molecule has 0 bridgehead atoms. The van der Waals surface area contributed by atoms with E-state index in [2.05, 4.69) is 32.9 Å². The number of rotatable bonds is 4. The molecule has 0 aromatic rings. The third-order valence-electron chi connectivity index (χ3n) is 0.310. The summed E-state index contributed by atoms with van der Waals surface area (Å²) in [6.07, 6.45) is 1.39. The molecule has 1 unspecified atom stereocenters. The molecule has 8 heavy (non-hydrogen) atoms. The maximum Gasteiger partial charge on any atom is 0.206 e. The topological polar surface area (TPSA) is 56.5 Å². The van der Waals surface area contributed by atoms with Crippen molar-refractivity contribution >= 4 is 9.03 Å². The first-order valence-corrected chi connectivity index (χ1v) is 2.60. The molecule has 0 fully saturated rings. The second-order valence-corrected chi connectivity index (χ2v) is 1.38. The van der Waals surface area contributed by atoms with Crippen molar-refractivity contribution in [2.75, 3.05) is 0 Å². The van der Waals surface area contributed by atoms with E-state index in [-0.39, 0.29) is 9.03 Å². The van der Waals surface area contributed by atoms with Gasteiger partial charge in [-0.15, -0.1) is 5.73 Å². The van der Waals surface area contributed by atoms with Crippen LogP contribution in [0.5, 0.6) is 0 Å². The monoisotopic (exact) mass is 134 g/mol. The van der Waals surface area contributed by atoms with Crippen molar-refractivity contribution in [3.05, 3.63) is 18.5 Å². The Hall–Kier alpha value is -0.370. The number of nitrogens with two attached hydrogens (primary N) is 1. The minimum Gasteiger partial charge on any atom is -0.261 e. The lowest BCUT2D eigenvalue weighted by molar-refractivity contribution is 0.223. The van der Waals surface area contributed by atoms with Crippen LogP contribution in [-0.2, 0) is 9.25 Å². The Morgan fingerprint density at radius 1 is 1.88 bits per heavy atom. The Kier molecular flexibility index (Phi) is 6.32. The quantitative estimate of drug-likeness (QED) is 0.249. The van der Waals surface area contributed by atoms with Crippen LogP contribution < -0.4 is 11.4 Å². The summed E-state index contributed by atoms with van der Waals surface area (Å²) >= 11 is 0. The molecule has 0 amide bonds. The van der Waals surface area contributed by atoms with Crippen LogP contribution in [0.25, 0.3) is 0 Å². The normalized spacial score (nSPS) is 9.12. The van der Waals surface area contributed by atoms with Crippen molar-refractivity contribution in [3.8, 4) is 0 Å². The van der Waals surface area contributed by atoms with Gasteiger partial charge in [0.05, 0.1) is 6.20 Å². The highest BCUT2D eigenvalue weighted by molar-refractivity contribution is 7.26. The van der Waals surface area contributed by atoms with Gasteiger partial charge in [-0.2, -0.15) is 0 Å². The zero-order valence-corrected chi connectivity index (χ0v) is 5.18. The van der Waals surface area contributed by atoms with E-state index in [0.29, 0.717) is 0 Å². The van der Waals surface area contributed by atoms with E-state index < -0.39 is 0 Å². The highest BCUT2D eigenvalue weighted by Gasteiger charge is 1.74. The Labute approximate surface area is 49.2 Å². The van der Waals surface area contributed by atoms with Crippen LogP contribution in [-0.4, -0.2) is 0 Å². The Morgan fingerprint density at radius 2 is 2.62 bits per heavy atom. The van der Waals surface area contributed by atoms with Crippen LogP contribution in [0.4, 0.5) is 0 Å². The lowest BCUT2D eigenvalue weighted by Crippen LogP contribution is -1.99. The Balaban J connectivity index is 2.82. The first kappa shape index (κ1) is 7.63. The molecule has 46 valence electrons. The molecule has 0 aliphatic rings. The first-order chi connectivity index (χ1) is 3.91. The average molecular weight is 134 g/mol. The van der Waals surface area contributed by atoms with Crippen molar-refractivity contribution < 1.29 is 9.25 Å². The first-order valence-electron chi connectivity index (χ1n) is 1.78. The zero-order chi connectivity index (χ0) is 6.24. The molecule has 4 nitrogen and oxygen atoms in total. The van der Waals surface area contributed by atoms with E-state index in [1.807, 2.05) is 0 Å². The highest BCUT2D eigenvalue weighted by atomic mass is 31.1. The van der Waals surface area contributed by atoms with Crippen molar-refractivity contribution in [2.45, 2.75) is 0 Å². The smallest absolute Gasteiger partial charge is 0.206 e. The van der Waals surface area contributed by atoms with E-state index in [1.165, 1.54) is 6.20 Å². The van der Waals surface area contributed by atoms with E-state index >= 15 is 0 Å². The van der Waals surface area contributed by atoms with E-state index in [4.69, 9.17) is 0 Å². The number of hydrogen-bond acceptors (Lipinski definition) is 4. The Bertz CT molecular complexity index is 91.3. The molecule has 0 radical (unpaired) electrons. The van der Waals surface area contributed by atoms with Crippen molar-refractivity contribution in [1.82, 2.24) is 5.48 Å². The molecule has 0 heterocycles. The van der Waals surface area contributed by atoms with Gasteiger partial charge in [0.2, 0.25) is 9.03 Å². The second-order valence-electron chi connectivity index (χ2n) is 0.770. The van der Waals surface area contributed by atoms with Gasteiger partial charge in [-0.25, -0.2) is 10.5 Å². The van der Waals surface area contributed by atoms with Crippen LogP contribution in [0.15, 0.2) is 18.5 Å². The molecule has 0 spiro atoms. The number of nitrogens with one attached hydrogen (secondary N) is 1. The zero-order valence-electron chi connectivity index (χ0n) is 4.18. The van der Waals surface area contributed by atoms with Crippen LogP contribution in [0.2, 0.25) is 0 Å². The van der Waals surface area contributed by atoms with Crippen molar-refractivity contribution in [1.29, 1.82) is 0 Å². The lowest BCUT2D eigenvalue weighted by Gasteiger charge is -1.94.